The summed E-state index contributed by atoms with van der Waals surface area (Å²) in [4.78, 5) is 11.7. The molecule has 0 unspecified atom stereocenters. The van der Waals surface area contributed by atoms with Crippen molar-refractivity contribution in [2.24, 2.45) is 0 Å². The zero-order chi connectivity index (χ0) is 16.5. The minimum Gasteiger partial charge on any atom is -0.359 e. The second-order valence-electron chi connectivity index (χ2n) is 4.60. The fourth-order valence-electron chi connectivity index (χ4n) is 2.77. The number of amides is 1. The summed E-state index contributed by atoms with van der Waals surface area (Å²) >= 11 is 0. The second kappa shape index (κ2) is 9.04. The quantitative estimate of drug-likeness (QED) is 0.831. The van der Waals surface area contributed by atoms with E-state index in [0.29, 0.717) is 6.42 Å². The van der Waals surface area contributed by atoms with Gasteiger partial charge in [0.2, 0.25) is 5.91 Å². The number of fused-ring (bicyclic) bond motifs is 3. The molecule has 0 fully saturated rings. The first-order valence-corrected chi connectivity index (χ1v) is 8.20. The van der Waals surface area contributed by atoms with Gasteiger partial charge in [0.15, 0.2) is 0 Å². The van der Waals surface area contributed by atoms with E-state index >= 15 is 0 Å². The molecule has 0 saturated carbocycles. The Labute approximate surface area is 134 Å². The van der Waals surface area contributed by atoms with Crippen LogP contribution in [0.15, 0.2) is 48.5 Å². The summed E-state index contributed by atoms with van der Waals surface area (Å²) in [5.41, 5.74) is 5.06. The Bertz CT molecular complexity index is 559. The highest BCUT2D eigenvalue weighted by Crippen LogP contribution is 2.45. The Kier molecular flexibility index (Phi) is 7.38. The smallest absolute Gasteiger partial charge is 0.220 e. The van der Waals surface area contributed by atoms with Gasteiger partial charge in [-0.15, -0.1) is 0 Å². The molecule has 2 heteroatoms. The van der Waals surface area contributed by atoms with Crippen LogP contribution in [0.1, 0.15) is 51.2 Å². The molecule has 2 aromatic rings. The fraction of sp³-hybridized carbons (Fsp3) is 0.350. The van der Waals surface area contributed by atoms with E-state index in [-0.39, 0.29) is 11.8 Å². The highest BCUT2D eigenvalue weighted by atomic mass is 16.1. The van der Waals surface area contributed by atoms with Gasteiger partial charge in [-0.3, -0.25) is 4.79 Å². The van der Waals surface area contributed by atoms with Gasteiger partial charge in [-0.2, -0.15) is 0 Å². The van der Waals surface area contributed by atoms with Gasteiger partial charge in [0.25, 0.3) is 0 Å². The molecule has 1 aliphatic carbocycles. The normalized spacial score (nSPS) is 11.1. The average Bonchev–Trinajstić information content (AvgIpc) is 2.93. The van der Waals surface area contributed by atoms with Crippen molar-refractivity contribution < 1.29 is 4.79 Å². The standard InChI is InChI=1S/C16H15NO.2C2H6/c1-17-16(18)10-15-13-8-4-2-6-11(13)12-7-3-5-9-14(12)15;2*1-2/h2-9,15H,10H2,1H3,(H,17,18);2*1-2H3. The van der Waals surface area contributed by atoms with E-state index < -0.39 is 0 Å². The van der Waals surface area contributed by atoms with Crippen molar-refractivity contribution in [3.63, 3.8) is 0 Å². The first kappa shape index (κ1) is 18.0. The van der Waals surface area contributed by atoms with E-state index in [1.807, 2.05) is 39.8 Å². The van der Waals surface area contributed by atoms with E-state index in [0.717, 1.165) is 0 Å². The molecule has 1 amide bonds. The van der Waals surface area contributed by atoms with Crippen molar-refractivity contribution in [2.75, 3.05) is 7.05 Å². The van der Waals surface area contributed by atoms with Gasteiger partial charge in [-0.05, 0) is 22.3 Å². The molecule has 0 saturated heterocycles. The van der Waals surface area contributed by atoms with E-state index in [2.05, 4.69) is 41.7 Å². The molecule has 2 aromatic carbocycles. The summed E-state index contributed by atoms with van der Waals surface area (Å²) in [7, 11) is 1.69. The van der Waals surface area contributed by atoms with Gasteiger partial charge in [-0.1, -0.05) is 76.2 Å². The molecule has 0 bridgehead atoms. The number of nitrogens with one attached hydrogen (secondary N) is 1. The van der Waals surface area contributed by atoms with E-state index in [4.69, 9.17) is 0 Å². The van der Waals surface area contributed by atoms with Gasteiger partial charge in [0.05, 0.1) is 0 Å². The summed E-state index contributed by atoms with van der Waals surface area (Å²) < 4.78 is 0. The zero-order valence-electron chi connectivity index (χ0n) is 14.3. The van der Waals surface area contributed by atoms with Crippen LogP contribution in [0.4, 0.5) is 0 Å². The van der Waals surface area contributed by atoms with Crippen LogP contribution in [0, 0.1) is 0 Å². The molecule has 118 valence electrons. The van der Waals surface area contributed by atoms with Gasteiger partial charge < -0.3 is 5.32 Å². The van der Waals surface area contributed by atoms with Crippen molar-refractivity contribution in [1.29, 1.82) is 0 Å². The molecular weight excluding hydrogens is 270 g/mol. The molecule has 1 N–H and O–H groups in total. The van der Waals surface area contributed by atoms with Crippen molar-refractivity contribution in [2.45, 2.75) is 40.0 Å². The number of carbonyl (C=O) groups excluding carboxylic acids is 1. The third-order valence-corrected chi connectivity index (χ3v) is 3.63. The lowest BCUT2D eigenvalue weighted by Crippen LogP contribution is -2.20. The van der Waals surface area contributed by atoms with Gasteiger partial charge in [-0.25, -0.2) is 0 Å². The lowest BCUT2D eigenvalue weighted by molar-refractivity contribution is -0.120. The van der Waals surface area contributed by atoms with Crippen molar-refractivity contribution in [3.05, 3.63) is 59.7 Å². The molecular formula is C20H27NO. The molecule has 3 rings (SSSR count). The molecule has 0 aliphatic heterocycles. The van der Waals surface area contributed by atoms with Crippen LogP contribution in [0.5, 0.6) is 0 Å². The number of hydrogen-bond donors (Lipinski definition) is 1. The van der Waals surface area contributed by atoms with Crippen molar-refractivity contribution in [1.82, 2.24) is 5.32 Å². The second-order valence-corrected chi connectivity index (χ2v) is 4.60. The van der Waals surface area contributed by atoms with Crippen molar-refractivity contribution >= 4 is 5.91 Å². The number of rotatable bonds is 2. The van der Waals surface area contributed by atoms with Crippen LogP contribution in [-0.2, 0) is 4.79 Å². The molecule has 0 atom stereocenters. The molecule has 0 radical (unpaired) electrons. The van der Waals surface area contributed by atoms with E-state index in [9.17, 15) is 4.79 Å². The summed E-state index contributed by atoms with van der Waals surface area (Å²) in [6.45, 7) is 8.00. The summed E-state index contributed by atoms with van der Waals surface area (Å²) in [5.74, 6) is 0.281. The molecule has 0 spiro atoms. The van der Waals surface area contributed by atoms with Crippen LogP contribution in [0.3, 0.4) is 0 Å². The maximum absolute atomic E-state index is 11.7. The van der Waals surface area contributed by atoms with Gasteiger partial charge in [0.1, 0.15) is 0 Å². The largest absolute Gasteiger partial charge is 0.359 e. The van der Waals surface area contributed by atoms with Crippen LogP contribution < -0.4 is 5.32 Å². The molecule has 0 aromatic heterocycles. The Balaban J connectivity index is 0.000000561. The molecule has 0 heterocycles. The van der Waals surface area contributed by atoms with Crippen molar-refractivity contribution in [3.8, 4) is 11.1 Å². The highest BCUT2D eigenvalue weighted by Gasteiger charge is 2.29. The average molecular weight is 297 g/mol. The predicted molar refractivity (Wildman–Crippen MR) is 95.1 cm³/mol. The number of benzene rings is 2. The van der Waals surface area contributed by atoms with Gasteiger partial charge in [0, 0.05) is 19.4 Å². The summed E-state index contributed by atoms with van der Waals surface area (Å²) in [5, 5.41) is 2.71. The van der Waals surface area contributed by atoms with Crippen LogP contribution in [0.25, 0.3) is 11.1 Å². The minimum absolute atomic E-state index is 0.0894. The first-order chi connectivity index (χ1) is 10.8. The van der Waals surface area contributed by atoms with Crippen LogP contribution in [-0.4, -0.2) is 13.0 Å². The zero-order valence-corrected chi connectivity index (χ0v) is 14.3. The maximum Gasteiger partial charge on any atom is 0.220 e. The lowest BCUT2D eigenvalue weighted by atomic mass is 9.93. The topological polar surface area (TPSA) is 29.1 Å². The van der Waals surface area contributed by atoms with Crippen LogP contribution in [0.2, 0.25) is 0 Å². The number of hydrogen-bond acceptors (Lipinski definition) is 1. The van der Waals surface area contributed by atoms with Gasteiger partial charge >= 0.3 is 0 Å². The van der Waals surface area contributed by atoms with Crippen LogP contribution >= 0.6 is 0 Å². The Morgan fingerprint density at radius 2 is 1.27 bits per heavy atom. The third kappa shape index (κ3) is 3.56. The Morgan fingerprint density at radius 1 is 0.864 bits per heavy atom. The van der Waals surface area contributed by atoms with E-state index in [1.54, 1.807) is 7.05 Å². The monoisotopic (exact) mass is 297 g/mol. The molecule has 2 nitrogen and oxygen atoms in total. The lowest BCUT2D eigenvalue weighted by Gasteiger charge is -2.12. The summed E-state index contributed by atoms with van der Waals surface area (Å²) in [6, 6.07) is 16.7. The molecule has 1 aliphatic rings. The SMILES string of the molecule is CC.CC.CNC(=O)CC1c2ccccc2-c2ccccc21. The maximum atomic E-state index is 11.7. The first-order valence-electron chi connectivity index (χ1n) is 8.20. The summed E-state index contributed by atoms with van der Waals surface area (Å²) in [6.07, 6.45) is 0.518. The van der Waals surface area contributed by atoms with E-state index in [1.165, 1.54) is 22.3 Å². The minimum atomic E-state index is 0.0894. The third-order valence-electron chi connectivity index (χ3n) is 3.63. The molecule has 22 heavy (non-hydrogen) atoms. The highest BCUT2D eigenvalue weighted by molar-refractivity contribution is 5.83. The fourth-order valence-corrected chi connectivity index (χ4v) is 2.77. The predicted octanol–water partition coefficient (Wildman–Crippen LogP) is 4.99. The number of carbonyl (C=O) groups is 1. The Hall–Kier alpha value is -2.09. The Morgan fingerprint density at radius 3 is 1.68 bits per heavy atom.